The number of allylic oxidation sites excluding steroid dienone is 3. The SMILES string of the molecule is C=C/C(C(=O)O)=C(\C=C(C)C)c1nc2c(OC)c(C(N)=O)ccc2n1CCn1c(-c2cc(C)ccc2C(=O)O)nc2c(OC)cccc21. The van der Waals surface area contributed by atoms with Gasteiger partial charge in [0.1, 0.15) is 28.4 Å². The average Bonchev–Trinajstić information content (AvgIpc) is 3.60. The number of aromatic nitrogens is 4. The van der Waals surface area contributed by atoms with Gasteiger partial charge in [-0.1, -0.05) is 42.0 Å². The molecule has 0 saturated carbocycles. The first kappa shape index (κ1) is 33.2. The van der Waals surface area contributed by atoms with Crippen molar-refractivity contribution in [2.24, 2.45) is 5.73 Å². The summed E-state index contributed by atoms with van der Waals surface area (Å²) in [5, 5.41) is 20.2. The van der Waals surface area contributed by atoms with Crippen molar-refractivity contribution < 1.29 is 34.1 Å². The predicted octanol–water partition coefficient (Wildman–Crippen LogP) is 5.87. The molecule has 0 aliphatic heterocycles. The summed E-state index contributed by atoms with van der Waals surface area (Å²) in [5.41, 5.74) is 10.2. The molecule has 0 aliphatic carbocycles. The van der Waals surface area contributed by atoms with Crippen LogP contribution in [0.2, 0.25) is 0 Å². The molecule has 5 aromatic rings. The molecule has 48 heavy (non-hydrogen) atoms. The van der Waals surface area contributed by atoms with Crippen LogP contribution in [0.3, 0.4) is 0 Å². The van der Waals surface area contributed by atoms with Crippen molar-refractivity contribution in [2.45, 2.75) is 33.9 Å². The lowest BCUT2D eigenvalue weighted by Crippen LogP contribution is -2.14. The minimum atomic E-state index is -1.20. The zero-order valence-electron chi connectivity index (χ0n) is 27.2. The Bertz CT molecular complexity index is 2200. The van der Waals surface area contributed by atoms with Crippen LogP contribution in [-0.2, 0) is 17.9 Å². The van der Waals surface area contributed by atoms with Crippen molar-refractivity contribution >= 4 is 45.5 Å². The van der Waals surface area contributed by atoms with Crippen LogP contribution in [0.4, 0.5) is 0 Å². The molecule has 0 fully saturated rings. The Balaban J connectivity index is 1.82. The molecule has 0 aliphatic rings. The van der Waals surface area contributed by atoms with E-state index in [0.717, 1.165) is 11.1 Å². The van der Waals surface area contributed by atoms with E-state index in [4.69, 9.17) is 25.2 Å². The van der Waals surface area contributed by atoms with Crippen LogP contribution in [0, 0.1) is 6.92 Å². The number of fused-ring (bicyclic) bond motifs is 2. The molecular weight excluding hydrogens is 614 g/mol. The number of carbonyl (C=O) groups excluding carboxylic acids is 1. The smallest absolute Gasteiger partial charge is 0.336 e. The summed E-state index contributed by atoms with van der Waals surface area (Å²) in [6.45, 7) is 9.73. The number of aryl methyl sites for hydroxylation is 3. The van der Waals surface area contributed by atoms with Gasteiger partial charge >= 0.3 is 11.9 Å². The fourth-order valence-electron chi connectivity index (χ4n) is 5.81. The molecule has 2 heterocycles. The summed E-state index contributed by atoms with van der Waals surface area (Å²) in [7, 11) is 2.94. The number of aliphatic carboxylic acids is 1. The van der Waals surface area contributed by atoms with Gasteiger partial charge in [-0.05, 0) is 57.2 Å². The molecule has 5 rings (SSSR count). The molecule has 12 heteroatoms. The van der Waals surface area contributed by atoms with E-state index in [9.17, 15) is 24.6 Å². The van der Waals surface area contributed by atoms with E-state index in [1.54, 1.807) is 36.4 Å². The second-order valence-electron chi connectivity index (χ2n) is 11.3. The van der Waals surface area contributed by atoms with Crippen LogP contribution in [0.5, 0.6) is 11.5 Å². The Morgan fingerprint density at radius 1 is 0.917 bits per heavy atom. The minimum Gasteiger partial charge on any atom is -0.494 e. The van der Waals surface area contributed by atoms with E-state index < -0.39 is 17.8 Å². The van der Waals surface area contributed by atoms with Crippen LogP contribution in [0.1, 0.15) is 46.0 Å². The van der Waals surface area contributed by atoms with Crippen LogP contribution in [0.25, 0.3) is 39.0 Å². The zero-order valence-corrected chi connectivity index (χ0v) is 27.2. The molecule has 0 spiro atoms. The number of hydrogen-bond donors (Lipinski definition) is 3. The van der Waals surface area contributed by atoms with Crippen LogP contribution in [0.15, 0.2) is 78.4 Å². The second-order valence-corrected chi connectivity index (χ2v) is 11.3. The lowest BCUT2D eigenvalue weighted by atomic mass is 10.0. The van der Waals surface area contributed by atoms with Gasteiger partial charge < -0.3 is 34.6 Å². The van der Waals surface area contributed by atoms with Gasteiger partial charge in [0.15, 0.2) is 5.75 Å². The minimum absolute atomic E-state index is 0.0776. The largest absolute Gasteiger partial charge is 0.494 e. The number of aromatic carboxylic acids is 1. The number of rotatable bonds is 12. The number of nitrogens with zero attached hydrogens (tertiary/aromatic N) is 4. The van der Waals surface area contributed by atoms with Crippen molar-refractivity contribution in [3.05, 3.63) is 101 Å². The van der Waals surface area contributed by atoms with E-state index in [1.807, 2.05) is 42.0 Å². The van der Waals surface area contributed by atoms with Gasteiger partial charge in [-0.25, -0.2) is 19.6 Å². The predicted molar refractivity (Wildman–Crippen MR) is 182 cm³/mol. The van der Waals surface area contributed by atoms with E-state index in [0.29, 0.717) is 44.8 Å². The van der Waals surface area contributed by atoms with E-state index in [-0.39, 0.29) is 41.4 Å². The first-order valence-corrected chi connectivity index (χ1v) is 14.9. The molecule has 246 valence electrons. The number of imidazole rings is 2. The standard InChI is InChI=1S/C36H35N5O7/c1-7-21(35(43)44)24(17-19(2)3)33-39-30-27(14-13-23(32(37)42)31(30)48-6)41(33)16-15-40-26-9-8-10-28(47-5)29(26)38-34(40)25-18-20(4)11-12-22(25)36(45)46/h7-14,17-18H,1,15-16H2,2-6H3,(H2,37,42)(H,43,44)(H,45,46)/b24-21-. The van der Waals surface area contributed by atoms with Gasteiger partial charge in [-0.2, -0.15) is 0 Å². The summed E-state index contributed by atoms with van der Waals surface area (Å²) >= 11 is 0. The number of carboxylic acid groups (broad SMARTS) is 2. The topological polar surface area (TPSA) is 172 Å². The lowest BCUT2D eigenvalue weighted by molar-refractivity contribution is -0.132. The van der Waals surface area contributed by atoms with Gasteiger partial charge in [0.2, 0.25) is 0 Å². The monoisotopic (exact) mass is 649 g/mol. The fourth-order valence-corrected chi connectivity index (χ4v) is 5.81. The van der Waals surface area contributed by atoms with Crippen LogP contribution in [-0.4, -0.2) is 61.4 Å². The highest BCUT2D eigenvalue weighted by Gasteiger charge is 2.25. The summed E-state index contributed by atoms with van der Waals surface area (Å²) in [4.78, 5) is 46.8. The molecule has 0 saturated heterocycles. The zero-order chi connectivity index (χ0) is 34.9. The highest BCUT2D eigenvalue weighted by Crippen LogP contribution is 2.36. The summed E-state index contributed by atoms with van der Waals surface area (Å²) < 4.78 is 15.0. The second kappa shape index (κ2) is 13.3. The van der Waals surface area contributed by atoms with Gasteiger partial charge in [0, 0.05) is 24.2 Å². The fraction of sp³-hybridized carbons (Fsp3) is 0.194. The summed E-state index contributed by atoms with van der Waals surface area (Å²) in [5.74, 6) is -1.65. The van der Waals surface area contributed by atoms with Crippen molar-refractivity contribution in [2.75, 3.05) is 14.2 Å². The lowest BCUT2D eigenvalue weighted by Gasteiger charge is -2.16. The summed E-state index contributed by atoms with van der Waals surface area (Å²) in [6.07, 6.45) is 2.96. The molecule has 2 aromatic heterocycles. The molecule has 1 amide bonds. The maximum atomic E-state index is 12.4. The van der Waals surface area contributed by atoms with Gasteiger partial charge in [0.05, 0.1) is 42.0 Å². The quantitative estimate of drug-likeness (QED) is 0.110. The molecule has 3 aromatic carbocycles. The third kappa shape index (κ3) is 5.91. The molecular formula is C36H35N5O7. The Hall–Kier alpha value is -6.17. The number of primary amides is 1. The number of amides is 1. The number of ether oxygens (including phenoxy) is 2. The van der Waals surface area contributed by atoms with E-state index >= 15 is 0 Å². The molecule has 0 atom stereocenters. The average molecular weight is 650 g/mol. The normalized spacial score (nSPS) is 11.7. The maximum Gasteiger partial charge on any atom is 0.336 e. The Labute approximate surface area is 276 Å². The van der Waals surface area contributed by atoms with Crippen molar-refractivity contribution in [3.63, 3.8) is 0 Å². The van der Waals surface area contributed by atoms with Gasteiger partial charge in [-0.15, -0.1) is 0 Å². The van der Waals surface area contributed by atoms with E-state index in [2.05, 4.69) is 6.58 Å². The van der Waals surface area contributed by atoms with Crippen LogP contribution < -0.4 is 15.2 Å². The van der Waals surface area contributed by atoms with Crippen molar-refractivity contribution in [3.8, 4) is 22.9 Å². The first-order valence-electron chi connectivity index (χ1n) is 14.9. The third-order valence-electron chi connectivity index (χ3n) is 7.90. The highest BCUT2D eigenvalue weighted by atomic mass is 16.5. The number of hydrogen-bond acceptors (Lipinski definition) is 7. The number of para-hydroxylation sites is 1. The van der Waals surface area contributed by atoms with Crippen molar-refractivity contribution in [1.82, 2.24) is 19.1 Å². The Morgan fingerprint density at radius 3 is 2.21 bits per heavy atom. The number of carboxylic acids is 2. The van der Waals surface area contributed by atoms with Crippen molar-refractivity contribution in [1.29, 1.82) is 0 Å². The number of nitrogens with two attached hydrogens (primary N) is 1. The first-order chi connectivity index (χ1) is 22.9. The Kier molecular flexibility index (Phi) is 9.19. The maximum absolute atomic E-state index is 12.4. The van der Waals surface area contributed by atoms with Gasteiger partial charge in [-0.3, -0.25) is 4.79 Å². The number of carbonyl (C=O) groups is 3. The molecule has 12 nitrogen and oxygen atoms in total. The van der Waals surface area contributed by atoms with Crippen LogP contribution >= 0.6 is 0 Å². The van der Waals surface area contributed by atoms with E-state index in [1.165, 1.54) is 26.4 Å². The Morgan fingerprint density at radius 2 is 1.60 bits per heavy atom. The van der Waals surface area contributed by atoms with Gasteiger partial charge in [0.25, 0.3) is 5.91 Å². The molecule has 0 radical (unpaired) electrons. The number of methoxy groups -OCH3 is 2. The molecule has 0 unspecified atom stereocenters. The third-order valence-corrected chi connectivity index (χ3v) is 7.90. The summed E-state index contributed by atoms with van der Waals surface area (Å²) in [6, 6.07) is 13.8. The molecule has 0 bridgehead atoms. The highest BCUT2D eigenvalue weighted by molar-refractivity contribution is 6.04. The number of benzene rings is 3. The molecule has 4 N–H and O–H groups in total.